The lowest BCUT2D eigenvalue weighted by atomic mass is 10.0. The summed E-state index contributed by atoms with van der Waals surface area (Å²) in [5.74, 6) is 1.90. The maximum absolute atomic E-state index is 12.6. The van der Waals surface area contributed by atoms with Crippen LogP contribution in [0.25, 0.3) is 11.2 Å². The predicted molar refractivity (Wildman–Crippen MR) is 95.6 cm³/mol. The summed E-state index contributed by atoms with van der Waals surface area (Å²) in [6.45, 7) is 3.35. The van der Waals surface area contributed by atoms with E-state index in [1.54, 1.807) is 31.1 Å². The smallest absolute Gasteiger partial charge is 0.255 e. The Hall–Kier alpha value is -3.03. The van der Waals surface area contributed by atoms with E-state index in [4.69, 9.17) is 0 Å². The topological polar surface area (TPSA) is 80.0 Å². The van der Waals surface area contributed by atoms with Crippen LogP contribution in [0.4, 0.5) is 5.82 Å². The molecule has 132 valence electrons. The second kappa shape index (κ2) is 5.76. The zero-order valence-electron chi connectivity index (χ0n) is 14.5. The van der Waals surface area contributed by atoms with Crippen LogP contribution < -0.4 is 4.90 Å². The molecule has 2 aliphatic heterocycles. The van der Waals surface area contributed by atoms with Gasteiger partial charge < -0.3 is 14.4 Å². The molecule has 0 aromatic carbocycles. The molecule has 0 aliphatic carbocycles. The molecule has 5 heterocycles. The lowest BCUT2D eigenvalue weighted by Crippen LogP contribution is -2.33. The summed E-state index contributed by atoms with van der Waals surface area (Å²) in [6.07, 6.45) is 6.70. The molecule has 3 aromatic rings. The molecule has 5 rings (SSSR count). The number of rotatable bonds is 2. The fourth-order valence-electron chi connectivity index (χ4n) is 4.17. The van der Waals surface area contributed by atoms with Crippen molar-refractivity contribution in [2.75, 3.05) is 31.1 Å². The van der Waals surface area contributed by atoms with Crippen molar-refractivity contribution in [3.8, 4) is 0 Å². The van der Waals surface area contributed by atoms with Crippen LogP contribution in [0.2, 0.25) is 0 Å². The molecule has 8 heteroatoms. The zero-order chi connectivity index (χ0) is 17.7. The van der Waals surface area contributed by atoms with Gasteiger partial charge in [0.15, 0.2) is 17.0 Å². The highest BCUT2D eigenvalue weighted by molar-refractivity contribution is 5.94. The van der Waals surface area contributed by atoms with E-state index in [0.717, 1.165) is 43.2 Å². The third kappa shape index (κ3) is 2.33. The number of fused-ring (bicyclic) bond motifs is 2. The van der Waals surface area contributed by atoms with Gasteiger partial charge in [0.1, 0.15) is 6.33 Å². The van der Waals surface area contributed by atoms with Crippen LogP contribution in [0.5, 0.6) is 0 Å². The Morgan fingerprint density at radius 2 is 1.92 bits per heavy atom. The molecule has 2 saturated heterocycles. The van der Waals surface area contributed by atoms with Crippen LogP contribution in [0.3, 0.4) is 0 Å². The van der Waals surface area contributed by atoms with E-state index in [9.17, 15) is 4.79 Å². The third-order valence-electron chi connectivity index (χ3n) is 5.46. The second-order valence-electron chi connectivity index (χ2n) is 7.10. The first kappa shape index (κ1) is 15.2. The Kier molecular flexibility index (Phi) is 3.37. The van der Waals surface area contributed by atoms with Crippen LogP contribution in [0.15, 0.2) is 37.2 Å². The molecule has 2 unspecified atom stereocenters. The Balaban J connectivity index is 1.33. The van der Waals surface area contributed by atoms with Crippen LogP contribution in [-0.2, 0) is 7.05 Å². The maximum Gasteiger partial charge on any atom is 0.255 e. The van der Waals surface area contributed by atoms with Crippen LogP contribution >= 0.6 is 0 Å². The average Bonchev–Trinajstić information content (AvgIpc) is 3.35. The lowest BCUT2D eigenvalue weighted by Gasteiger charge is -2.22. The molecule has 2 fully saturated rings. The molecule has 0 radical (unpaired) electrons. The van der Waals surface area contributed by atoms with E-state index in [1.807, 2.05) is 22.6 Å². The summed E-state index contributed by atoms with van der Waals surface area (Å²) in [5, 5.41) is 0. The highest BCUT2D eigenvalue weighted by atomic mass is 16.2. The molecule has 8 nitrogen and oxygen atoms in total. The number of likely N-dealkylation sites (tertiary alicyclic amines) is 1. The van der Waals surface area contributed by atoms with Gasteiger partial charge in [-0.2, -0.15) is 0 Å². The molecule has 26 heavy (non-hydrogen) atoms. The first-order valence-corrected chi connectivity index (χ1v) is 8.77. The number of carbonyl (C=O) groups excluding carboxylic acids is 1. The standard InChI is InChI=1S/C18H19N7O/c1-23-11-22-15-16(23)20-10-21-17(15)24-6-13-8-25(9-14(13)7-24)18(26)12-3-2-4-19-5-12/h2-5,10-11,13-14H,6-9H2,1H3. The van der Waals surface area contributed by atoms with Crippen molar-refractivity contribution in [2.24, 2.45) is 18.9 Å². The summed E-state index contributed by atoms with van der Waals surface area (Å²) >= 11 is 0. The molecular weight excluding hydrogens is 330 g/mol. The summed E-state index contributed by atoms with van der Waals surface area (Å²) in [6, 6.07) is 3.63. The number of hydrogen-bond donors (Lipinski definition) is 0. The Morgan fingerprint density at radius 1 is 1.12 bits per heavy atom. The van der Waals surface area contributed by atoms with Crippen molar-refractivity contribution < 1.29 is 4.79 Å². The quantitative estimate of drug-likeness (QED) is 0.686. The molecule has 2 atom stereocenters. The van der Waals surface area contributed by atoms with E-state index in [-0.39, 0.29) is 5.91 Å². The van der Waals surface area contributed by atoms with Crippen molar-refractivity contribution >= 4 is 22.9 Å². The minimum Gasteiger partial charge on any atom is -0.354 e. The fourth-order valence-corrected chi connectivity index (χ4v) is 4.17. The van der Waals surface area contributed by atoms with Crippen molar-refractivity contribution in [2.45, 2.75) is 0 Å². The number of amides is 1. The SMILES string of the molecule is Cn1cnc2c(N3CC4CN(C(=O)c5cccnc5)CC4C3)ncnc21. The minimum absolute atomic E-state index is 0.0770. The Morgan fingerprint density at radius 3 is 2.65 bits per heavy atom. The number of aryl methyl sites for hydroxylation is 1. The summed E-state index contributed by atoms with van der Waals surface area (Å²) in [4.78, 5) is 34.2. The average molecular weight is 349 g/mol. The first-order chi connectivity index (χ1) is 12.7. The van der Waals surface area contributed by atoms with E-state index in [0.29, 0.717) is 17.4 Å². The van der Waals surface area contributed by atoms with Crippen molar-refractivity contribution in [1.29, 1.82) is 0 Å². The summed E-state index contributed by atoms with van der Waals surface area (Å²) in [7, 11) is 1.94. The number of hydrogen-bond acceptors (Lipinski definition) is 6. The largest absolute Gasteiger partial charge is 0.354 e. The maximum atomic E-state index is 12.6. The zero-order valence-corrected chi connectivity index (χ0v) is 14.5. The Bertz CT molecular complexity index is 956. The Labute approximate surface area is 150 Å². The molecular formula is C18H19N7O. The van der Waals surface area contributed by atoms with Gasteiger partial charge in [0.05, 0.1) is 11.9 Å². The number of imidazole rings is 1. The van der Waals surface area contributed by atoms with E-state index >= 15 is 0 Å². The summed E-state index contributed by atoms with van der Waals surface area (Å²) < 4.78 is 1.91. The minimum atomic E-state index is 0.0770. The molecule has 0 bridgehead atoms. The van der Waals surface area contributed by atoms with Crippen LogP contribution in [0.1, 0.15) is 10.4 Å². The van der Waals surface area contributed by atoms with Crippen LogP contribution in [0, 0.1) is 11.8 Å². The van der Waals surface area contributed by atoms with Gasteiger partial charge in [0.2, 0.25) is 0 Å². The lowest BCUT2D eigenvalue weighted by molar-refractivity contribution is 0.0782. The molecule has 0 N–H and O–H groups in total. The van der Waals surface area contributed by atoms with E-state index in [2.05, 4.69) is 24.8 Å². The third-order valence-corrected chi connectivity index (χ3v) is 5.46. The van der Waals surface area contributed by atoms with Crippen LogP contribution in [-0.4, -0.2) is 61.5 Å². The van der Waals surface area contributed by atoms with Crippen molar-refractivity contribution in [3.05, 3.63) is 42.7 Å². The van der Waals surface area contributed by atoms with Gasteiger partial charge in [0, 0.05) is 57.5 Å². The highest BCUT2D eigenvalue weighted by Crippen LogP contribution is 2.35. The number of anilines is 1. The van der Waals surface area contributed by atoms with Gasteiger partial charge in [-0.05, 0) is 12.1 Å². The van der Waals surface area contributed by atoms with E-state index < -0.39 is 0 Å². The molecule has 0 saturated carbocycles. The summed E-state index contributed by atoms with van der Waals surface area (Å²) in [5.41, 5.74) is 2.36. The molecule has 2 aliphatic rings. The number of aromatic nitrogens is 5. The van der Waals surface area contributed by atoms with Gasteiger partial charge in [-0.25, -0.2) is 15.0 Å². The predicted octanol–water partition coefficient (Wildman–Crippen LogP) is 0.967. The van der Waals surface area contributed by atoms with Gasteiger partial charge in [-0.15, -0.1) is 0 Å². The number of carbonyl (C=O) groups is 1. The van der Waals surface area contributed by atoms with Gasteiger partial charge >= 0.3 is 0 Å². The van der Waals surface area contributed by atoms with Gasteiger partial charge in [-0.1, -0.05) is 0 Å². The van der Waals surface area contributed by atoms with E-state index in [1.165, 1.54) is 0 Å². The van der Waals surface area contributed by atoms with Crippen molar-refractivity contribution in [3.63, 3.8) is 0 Å². The molecule has 3 aromatic heterocycles. The number of nitrogens with zero attached hydrogens (tertiary/aromatic N) is 7. The van der Waals surface area contributed by atoms with Gasteiger partial charge in [0.25, 0.3) is 5.91 Å². The van der Waals surface area contributed by atoms with Crippen molar-refractivity contribution in [1.82, 2.24) is 29.4 Å². The fraction of sp³-hybridized carbons (Fsp3) is 0.389. The van der Waals surface area contributed by atoms with Gasteiger partial charge in [-0.3, -0.25) is 9.78 Å². The second-order valence-corrected chi connectivity index (χ2v) is 7.10. The number of pyridine rings is 1. The molecule has 1 amide bonds. The highest BCUT2D eigenvalue weighted by Gasteiger charge is 2.42. The monoisotopic (exact) mass is 349 g/mol. The normalized spacial score (nSPS) is 22.2. The molecule has 0 spiro atoms. The first-order valence-electron chi connectivity index (χ1n) is 8.77.